The van der Waals surface area contributed by atoms with Crippen LogP contribution in [-0.2, 0) is 14.4 Å². The van der Waals surface area contributed by atoms with Crippen molar-refractivity contribution < 1.29 is 27.5 Å². The van der Waals surface area contributed by atoms with Gasteiger partial charge in [-0.25, -0.2) is 0 Å². The van der Waals surface area contributed by atoms with Gasteiger partial charge in [0.05, 0.1) is 0 Å². The highest BCUT2D eigenvalue weighted by molar-refractivity contribution is 5.81. The van der Waals surface area contributed by atoms with Crippen LogP contribution in [0.15, 0.2) is 0 Å². The van der Waals surface area contributed by atoms with E-state index in [1.165, 1.54) is 14.0 Å². The van der Waals surface area contributed by atoms with Gasteiger partial charge in [-0.3, -0.25) is 9.63 Å². The molecular formula is C9H17F3N2O3. The molecule has 0 aromatic rings. The van der Waals surface area contributed by atoms with Crippen molar-refractivity contribution in [1.82, 2.24) is 10.8 Å². The van der Waals surface area contributed by atoms with Crippen LogP contribution in [-0.4, -0.2) is 45.0 Å². The maximum atomic E-state index is 11.7. The number of hydroxylamine groups is 1. The van der Waals surface area contributed by atoms with Gasteiger partial charge in [0, 0.05) is 20.3 Å². The van der Waals surface area contributed by atoms with Crippen molar-refractivity contribution in [3.63, 3.8) is 0 Å². The van der Waals surface area contributed by atoms with Gasteiger partial charge in [-0.1, -0.05) is 0 Å². The third kappa shape index (κ3) is 10.0. The average Bonchev–Trinajstić information content (AvgIpc) is 2.22. The van der Waals surface area contributed by atoms with E-state index in [2.05, 4.69) is 10.2 Å². The van der Waals surface area contributed by atoms with Gasteiger partial charge in [-0.15, -0.1) is 0 Å². The van der Waals surface area contributed by atoms with Crippen LogP contribution in [0.25, 0.3) is 0 Å². The van der Waals surface area contributed by atoms with E-state index in [-0.39, 0.29) is 0 Å². The summed E-state index contributed by atoms with van der Waals surface area (Å²) >= 11 is 0. The van der Waals surface area contributed by atoms with Crippen molar-refractivity contribution in [2.75, 3.05) is 26.9 Å². The summed E-state index contributed by atoms with van der Waals surface area (Å²) in [6, 6.07) is -0.847. The first-order chi connectivity index (χ1) is 7.87. The molecular weight excluding hydrogens is 241 g/mol. The topological polar surface area (TPSA) is 59.6 Å². The Hall–Kier alpha value is -0.860. The molecule has 17 heavy (non-hydrogen) atoms. The van der Waals surface area contributed by atoms with Crippen LogP contribution in [0.4, 0.5) is 13.2 Å². The van der Waals surface area contributed by atoms with Gasteiger partial charge in [-0.05, 0) is 13.3 Å². The Morgan fingerprint density at radius 3 is 2.59 bits per heavy atom. The van der Waals surface area contributed by atoms with Crippen molar-refractivity contribution in [3.05, 3.63) is 0 Å². The zero-order chi connectivity index (χ0) is 13.3. The smallest absolute Gasteiger partial charge is 0.385 e. The summed E-state index contributed by atoms with van der Waals surface area (Å²) in [6.07, 6.45) is -3.78. The minimum absolute atomic E-state index is 0.401. The molecule has 0 aliphatic rings. The fourth-order valence-corrected chi connectivity index (χ4v) is 0.883. The second-order valence-electron chi connectivity index (χ2n) is 3.38. The van der Waals surface area contributed by atoms with Crippen molar-refractivity contribution in [2.24, 2.45) is 0 Å². The summed E-state index contributed by atoms with van der Waals surface area (Å²) in [5.74, 6) is -0.428. The van der Waals surface area contributed by atoms with Gasteiger partial charge < -0.3 is 10.1 Å². The van der Waals surface area contributed by atoms with Gasteiger partial charge in [-0.2, -0.15) is 18.7 Å². The molecule has 1 amide bonds. The van der Waals surface area contributed by atoms with Gasteiger partial charge in [0.15, 0.2) is 6.61 Å². The van der Waals surface area contributed by atoms with Gasteiger partial charge in [0.25, 0.3) is 0 Å². The molecule has 0 radical (unpaired) electrons. The number of nitrogens with one attached hydrogen (secondary N) is 2. The quantitative estimate of drug-likeness (QED) is 0.495. The van der Waals surface area contributed by atoms with Gasteiger partial charge in [0.2, 0.25) is 5.91 Å². The van der Waals surface area contributed by atoms with E-state index in [9.17, 15) is 18.0 Å². The largest absolute Gasteiger partial charge is 0.413 e. The summed E-state index contributed by atoms with van der Waals surface area (Å²) in [5, 5.41) is 2.52. The van der Waals surface area contributed by atoms with Crippen LogP contribution in [0.5, 0.6) is 0 Å². The Balaban J connectivity index is 3.60. The predicted molar refractivity (Wildman–Crippen MR) is 54.1 cm³/mol. The van der Waals surface area contributed by atoms with E-state index in [1.807, 2.05) is 5.48 Å². The number of alkyl halides is 3. The van der Waals surface area contributed by atoms with Crippen LogP contribution >= 0.6 is 0 Å². The molecule has 0 saturated carbocycles. The molecule has 1 atom stereocenters. The first-order valence-electron chi connectivity index (χ1n) is 5.07. The first-order valence-corrected chi connectivity index (χ1v) is 5.07. The number of hydrogen-bond acceptors (Lipinski definition) is 4. The van der Waals surface area contributed by atoms with E-state index < -0.39 is 24.7 Å². The van der Waals surface area contributed by atoms with Crippen LogP contribution in [0.1, 0.15) is 13.3 Å². The number of amides is 1. The number of halogens is 3. The van der Waals surface area contributed by atoms with Crippen molar-refractivity contribution >= 4 is 5.91 Å². The lowest BCUT2D eigenvalue weighted by atomic mass is 10.3. The molecule has 0 fully saturated rings. The van der Waals surface area contributed by atoms with Gasteiger partial charge in [0.1, 0.15) is 6.04 Å². The predicted octanol–water partition coefficient (Wildman–Crippen LogP) is 0.611. The maximum Gasteiger partial charge on any atom is 0.413 e. The zero-order valence-electron chi connectivity index (χ0n) is 9.76. The Kier molecular flexibility index (Phi) is 7.85. The first kappa shape index (κ1) is 16.1. The molecule has 0 saturated heterocycles. The fraction of sp³-hybridized carbons (Fsp3) is 0.889. The third-order valence-corrected chi connectivity index (χ3v) is 1.71. The molecule has 0 spiro atoms. The van der Waals surface area contributed by atoms with Crippen LogP contribution in [0.2, 0.25) is 0 Å². The Bertz CT molecular complexity index is 224. The van der Waals surface area contributed by atoms with Crippen molar-refractivity contribution in [2.45, 2.75) is 25.6 Å². The molecule has 8 heteroatoms. The lowest BCUT2D eigenvalue weighted by molar-refractivity contribution is -0.193. The molecule has 0 aliphatic heterocycles. The standard InChI is InChI=1S/C9H17F3N2O3/c1-7(14-17-6-9(10,11)12)8(15)13-4-3-5-16-2/h7,14H,3-6H2,1-2H3,(H,13,15). The van der Waals surface area contributed by atoms with Crippen LogP contribution in [0.3, 0.4) is 0 Å². The molecule has 0 bridgehead atoms. The summed E-state index contributed by atoms with van der Waals surface area (Å²) in [7, 11) is 1.54. The molecule has 2 N–H and O–H groups in total. The highest BCUT2D eigenvalue weighted by Gasteiger charge is 2.28. The van der Waals surface area contributed by atoms with Crippen molar-refractivity contribution in [1.29, 1.82) is 0 Å². The van der Waals surface area contributed by atoms with E-state index in [4.69, 9.17) is 4.74 Å². The summed E-state index contributed by atoms with van der Waals surface area (Å²) in [5.41, 5.74) is 2.02. The zero-order valence-corrected chi connectivity index (χ0v) is 9.76. The number of carbonyl (C=O) groups excluding carboxylic acids is 1. The molecule has 0 aromatic heterocycles. The van der Waals surface area contributed by atoms with E-state index in [0.717, 1.165) is 0 Å². The third-order valence-electron chi connectivity index (χ3n) is 1.71. The Labute approximate surface area is 97.6 Å². The molecule has 0 aromatic carbocycles. The highest BCUT2D eigenvalue weighted by Crippen LogP contribution is 2.13. The summed E-state index contributed by atoms with van der Waals surface area (Å²) < 4.78 is 39.9. The van der Waals surface area contributed by atoms with Crippen molar-refractivity contribution in [3.8, 4) is 0 Å². The number of rotatable bonds is 8. The van der Waals surface area contributed by atoms with Crippen LogP contribution < -0.4 is 10.8 Å². The second kappa shape index (κ2) is 8.26. The number of methoxy groups -OCH3 is 1. The highest BCUT2D eigenvalue weighted by atomic mass is 19.4. The number of hydrogen-bond donors (Lipinski definition) is 2. The van der Waals surface area contributed by atoms with Crippen LogP contribution in [0, 0.1) is 0 Å². The maximum absolute atomic E-state index is 11.7. The molecule has 1 unspecified atom stereocenters. The van der Waals surface area contributed by atoms with E-state index in [1.54, 1.807) is 0 Å². The monoisotopic (exact) mass is 258 g/mol. The lowest BCUT2D eigenvalue weighted by Crippen LogP contribution is -2.43. The Morgan fingerprint density at radius 2 is 2.06 bits per heavy atom. The summed E-state index contributed by atoms with van der Waals surface area (Å²) in [6.45, 7) is 0.876. The normalized spacial score (nSPS) is 13.5. The SMILES string of the molecule is COCCCNC(=O)C(C)NOCC(F)(F)F. The number of ether oxygens (including phenoxy) is 1. The molecule has 102 valence electrons. The Morgan fingerprint density at radius 1 is 1.41 bits per heavy atom. The minimum Gasteiger partial charge on any atom is -0.385 e. The average molecular weight is 258 g/mol. The molecule has 0 heterocycles. The number of carbonyl (C=O) groups is 1. The van der Waals surface area contributed by atoms with E-state index in [0.29, 0.717) is 19.6 Å². The van der Waals surface area contributed by atoms with E-state index >= 15 is 0 Å². The lowest BCUT2D eigenvalue weighted by Gasteiger charge is -2.14. The minimum atomic E-state index is -4.42. The second-order valence-corrected chi connectivity index (χ2v) is 3.38. The van der Waals surface area contributed by atoms with Gasteiger partial charge >= 0.3 is 6.18 Å². The summed E-state index contributed by atoms with van der Waals surface area (Å²) in [4.78, 5) is 15.4. The molecule has 5 nitrogen and oxygen atoms in total. The molecule has 0 rings (SSSR count). The fourth-order valence-electron chi connectivity index (χ4n) is 0.883. The molecule has 0 aliphatic carbocycles.